The van der Waals surface area contributed by atoms with Crippen molar-refractivity contribution in [3.63, 3.8) is 0 Å². The first kappa shape index (κ1) is 30.2. The fourth-order valence-electron chi connectivity index (χ4n) is 4.11. The quantitative estimate of drug-likeness (QED) is 0.136. The van der Waals surface area contributed by atoms with E-state index in [-0.39, 0.29) is 11.7 Å². The summed E-state index contributed by atoms with van der Waals surface area (Å²) < 4.78 is 16.3. The third-order valence-electron chi connectivity index (χ3n) is 5.94. The fourth-order valence-corrected chi connectivity index (χ4v) is 4.11. The van der Waals surface area contributed by atoms with Gasteiger partial charge in [0.15, 0.2) is 0 Å². The van der Waals surface area contributed by atoms with Crippen molar-refractivity contribution in [2.24, 2.45) is 4.99 Å². The number of phenolic OH excluding ortho intramolecular Hbond substituents is 1. The number of amides is 2. The second kappa shape index (κ2) is 13.6. The number of phenols is 1. The average Bonchev–Trinajstić information content (AvgIpc) is 3.27. The Balaban J connectivity index is 1.49. The van der Waals surface area contributed by atoms with Gasteiger partial charge in [-0.15, -0.1) is 0 Å². The van der Waals surface area contributed by atoms with E-state index in [1.54, 1.807) is 64.1 Å². The fraction of sp³-hybridized carbons (Fsp3) is 0.400. The Bertz CT molecular complexity index is 1260. The number of hydrogen-bond donors (Lipinski definition) is 3. The van der Waals surface area contributed by atoms with Crippen LogP contribution in [0.1, 0.15) is 69.2 Å². The summed E-state index contributed by atoms with van der Waals surface area (Å²) in [6, 6.07) is 11.9. The van der Waals surface area contributed by atoms with Crippen LogP contribution in [0.5, 0.6) is 11.5 Å². The summed E-state index contributed by atoms with van der Waals surface area (Å²) >= 11 is 0. The molecule has 0 fully saturated rings. The maximum absolute atomic E-state index is 12.7. The van der Waals surface area contributed by atoms with Gasteiger partial charge in [-0.3, -0.25) is 19.9 Å². The summed E-state index contributed by atoms with van der Waals surface area (Å²) in [5, 5.41) is 15.0. The van der Waals surface area contributed by atoms with Gasteiger partial charge in [0.25, 0.3) is 0 Å². The SMILES string of the molecule is COC(=O)[C@H]1c2cc(/C=C/C(=O)NCCCCN=C(C)NC(=O)OC(C)(C)C)ccc2O[C@@H]1c1ccc(O)cc1. The van der Waals surface area contributed by atoms with Crippen molar-refractivity contribution in [2.45, 2.75) is 58.2 Å². The molecule has 0 saturated carbocycles. The number of rotatable bonds is 9. The molecular formula is C30H37N3O7. The number of nitrogens with one attached hydrogen (secondary N) is 2. The van der Waals surface area contributed by atoms with Gasteiger partial charge in [-0.25, -0.2) is 4.79 Å². The van der Waals surface area contributed by atoms with E-state index in [2.05, 4.69) is 15.6 Å². The number of unbranched alkanes of at least 4 members (excludes halogenated alkanes) is 1. The van der Waals surface area contributed by atoms with Crippen LogP contribution in [-0.4, -0.2) is 54.7 Å². The maximum Gasteiger partial charge on any atom is 0.413 e. The largest absolute Gasteiger partial charge is 0.508 e. The molecule has 1 heterocycles. The van der Waals surface area contributed by atoms with Crippen molar-refractivity contribution in [1.29, 1.82) is 0 Å². The highest BCUT2D eigenvalue weighted by atomic mass is 16.6. The molecule has 3 N–H and O–H groups in total. The summed E-state index contributed by atoms with van der Waals surface area (Å²) in [5.74, 6) is -0.197. The molecule has 1 aliphatic heterocycles. The van der Waals surface area contributed by atoms with E-state index in [9.17, 15) is 19.5 Å². The minimum atomic E-state index is -0.683. The summed E-state index contributed by atoms with van der Waals surface area (Å²) in [7, 11) is 1.33. The normalized spacial score (nSPS) is 16.7. The van der Waals surface area contributed by atoms with E-state index in [0.29, 0.717) is 30.2 Å². The molecule has 2 amide bonds. The first-order valence-corrected chi connectivity index (χ1v) is 13.1. The molecule has 3 rings (SSSR count). The molecule has 0 aliphatic carbocycles. The predicted molar refractivity (Wildman–Crippen MR) is 151 cm³/mol. The van der Waals surface area contributed by atoms with Crippen LogP contribution in [0.25, 0.3) is 6.08 Å². The number of amidine groups is 1. The topological polar surface area (TPSA) is 136 Å². The van der Waals surface area contributed by atoms with Gasteiger partial charge in [-0.2, -0.15) is 0 Å². The summed E-state index contributed by atoms with van der Waals surface area (Å²) in [6.07, 6.45) is 3.44. The Hall–Kier alpha value is -4.34. The number of carbonyl (C=O) groups is 3. The van der Waals surface area contributed by atoms with E-state index in [0.717, 1.165) is 24.0 Å². The highest BCUT2D eigenvalue weighted by Crippen LogP contribution is 2.47. The van der Waals surface area contributed by atoms with Crippen molar-refractivity contribution < 1.29 is 33.7 Å². The Labute approximate surface area is 234 Å². The number of ether oxygens (including phenoxy) is 3. The van der Waals surface area contributed by atoms with Crippen molar-refractivity contribution in [3.05, 3.63) is 65.2 Å². The zero-order chi connectivity index (χ0) is 29.3. The Morgan fingerprint density at radius 2 is 1.82 bits per heavy atom. The number of nitrogens with zero attached hydrogens (tertiary/aromatic N) is 1. The van der Waals surface area contributed by atoms with Gasteiger partial charge in [0.2, 0.25) is 5.91 Å². The highest BCUT2D eigenvalue weighted by Gasteiger charge is 2.41. The summed E-state index contributed by atoms with van der Waals surface area (Å²) in [5.41, 5.74) is 1.57. The number of fused-ring (bicyclic) bond motifs is 1. The lowest BCUT2D eigenvalue weighted by Gasteiger charge is -2.19. The van der Waals surface area contributed by atoms with E-state index in [1.807, 2.05) is 12.1 Å². The van der Waals surface area contributed by atoms with Gasteiger partial charge < -0.3 is 24.6 Å². The minimum Gasteiger partial charge on any atom is -0.508 e. The minimum absolute atomic E-state index is 0.121. The molecule has 0 aromatic heterocycles. The zero-order valence-electron chi connectivity index (χ0n) is 23.5. The molecule has 214 valence electrons. The molecule has 10 heteroatoms. The Morgan fingerprint density at radius 1 is 1.10 bits per heavy atom. The molecule has 2 aromatic carbocycles. The lowest BCUT2D eigenvalue weighted by Crippen LogP contribution is -2.35. The van der Waals surface area contributed by atoms with E-state index < -0.39 is 29.7 Å². The molecule has 2 aromatic rings. The number of aromatic hydroxyl groups is 1. The second-order valence-corrected chi connectivity index (χ2v) is 10.4. The summed E-state index contributed by atoms with van der Waals surface area (Å²) in [4.78, 5) is 41.0. The Kier molecular flexibility index (Phi) is 10.3. The van der Waals surface area contributed by atoms with E-state index in [1.165, 1.54) is 13.2 Å². The molecule has 0 saturated heterocycles. The van der Waals surface area contributed by atoms with Crippen LogP contribution in [0.3, 0.4) is 0 Å². The van der Waals surface area contributed by atoms with Crippen molar-refractivity contribution >= 4 is 29.9 Å². The van der Waals surface area contributed by atoms with Crippen molar-refractivity contribution in [1.82, 2.24) is 10.6 Å². The molecule has 0 bridgehead atoms. The first-order chi connectivity index (χ1) is 19.0. The lowest BCUT2D eigenvalue weighted by atomic mass is 9.90. The van der Waals surface area contributed by atoms with E-state index >= 15 is 0 Å². The number of aliphatic imine (C=N–C) groups is 1. The lowest BCUT2D eigenvalue weighted by molar-refractivity contribution is -0.144. The molecule has 10 nitrogen and oxygen atoms in total. The number of alkyl carbamates (subject to hydrolysis) is 1. The maximum atomic E-state index is 12.7. The van der Waals surface area contributed by atoms with Crippen LogP contribution in [0.4, 0.5) is 4.79 Å². The number of methoxy groups -OCH3 is 1. The zero-order valence-corrected chi connectivity index (χ0v) is 23.5. The third kappa shape index (κ3) is 8.86. The van der Waals surface area contributed by atoms with Crippen LogP contribution in [0, 0.1) is 0 Å². The smallest absolute Gasteiger partial charge is 0.413 e. The first-order valence-electron chi connectivity index (χ1n) is 13.1. The van der Waals surface area contributed by atoms with Gasteiger partial charge in [0, 0.05) is 24.7 Å². The second-order valence-electron chi connectivity index (χ2n) is 10.4. The van der Waals surface area contributed by atoms with Crippen LogP contribution < -0.4 is 15.4 Å². The van der Waals surface area contributed by atoms with E-state index in [4.69, 9.17) is 14.2 Å². The van der Waals surface area contributed by atoms with Gasteiger partial charge in [-0.05, 0) is 82.0 Å². The monoisotopic (exact) mass is 551 g/mol. The van der Waals surface area contributed by atoms with Crippen molar-refractivity contribution in [3.8, 4) is 11.5 Å². The molecule has 0 radical (unpaired) electrons. The molecule has 1 aliphatic rings. The summed E-state index contributed by atoms with van der Waals surface area (Å²) in [6.45, 7) is 8.06. The van der Waals surface area contributed by atoms with Gasteiger partial charge in [-0.1, -0.05) is 18.2 Å². The van der Waals surface area contributed by atoms with Crippen LogP contribution >= 0.6 is 0 Å². The molecule has 40 heavy (non-hydrogen) atoms. The van der Waals surface area contributed by atoms with Crippen molar-refractivity contribution in [2.75, 3.05) is 20.2 Å². The molecule has 0 spiro atoms. The third-order valence-corrected chi connectivity index (χ3v) is 5.94. The predicted octanol–water partition coefficient (Wildman–Crippen LogP) is 4.64. The van der Waals surface area contributed by atoms with Gasteiger partial charge in [0.05, 0.1) is 7.11 Å². The number of esters is 1. The van der Waals surface area contributed by atoms with Crippen LogP contribution in [0.15, 0.2) is 53.5 Å². The van der Waals surface area contributed by atoms with Gasteiger partial charge >= 0.3 is 12.1 Å². The number of carbonyl (C=O) groups excluding carboxylic acids is 3. The van der Waals surface area contributed by atoms with Crippen LogP contribution in [0.2, 0.25) is 0 Å². The molecular weight excluding hydrogens is 514 g/mol. The number of hydrogen-bond acceptors (Lipinski definition) is 8. The highest BCUT2D eigenvalue weighted by molar-refractivity contribution is 5.94. The van der Waals surface area contributed by atoms with Gasteiger partial charge in [0.1, 0.15) is 35.0 Å². The number of benzene rings is 2. The molecule has 2 atom stereocenters. The van der Waals surface area contributed by atoms with Crippen LogP contribution in [-0.2, 0) is 19.1 Å². The standard InChI is InChI=1S/C30H37N3O7/c1-19(33-29(37)40-30(2,3)4)31-16-6-7-17-32-25(35)15-9-20-8-14-24-23(18-20)26(28(36)38-5)27(39-24)21-10-12-22(34)13-11-21/h8-15,18,26-27,34H,6-7,16-17H2,1-5H3,(H,32,35)(H,31,33,37)/b15-9+/t26-,27+/m0/s1. The average molecular weight is 552 g/mol. The molecule has 0 unspecified atom stereocenters. The Morgan fingerprint density at radius 3 is 2.50 bits per heavy atom.